The first kappa shape index (κ1) is 19.5. The van der Waals surface area contributed by atoms with Gasteiger partial charge in [0.25, 0.3) is 0 Å². The maximum atomic E-state index is 2.58. The van der Waals surface area contributed by atoms with Gasteiger partial charge in [-0.1, -0.05) is 0 Å². The van der Waals surface area contributed by atoms with Gasteiger partial charge in [0, 0.05) is 0 Å². The Balaban J connectivity index is 5.06. The van der Waals surface area contributed by atoms with Gasteiger partial charge in [-0.05, 0) is 0 Å². The van der Waals surface area contributed by atoms with Crippen LogP contribution < -0.4 is 0 Å². The second-order valence-electron chi connectivity index (χ2n) is 6.43. The first-order valence-electron chi connectivity index (χ1n) is 8.70. The molecule has 1 atom stereocenters. The normalized spacial score (nSPS) is 14.7. The van der Waals surface area contributed by atoms with Crippen molar-refractivity contribution in [1.82, 2.24) is 0 Å². The first-order chi connectivity index (χ1) is 9.07. The summed E-state index contributed by atoms with van der Waals surface area (Å²) in [5, 5.41) is 0. The van der Waals surface area contributed by atoms with Crippen molar-refractivity contribution in [1.29, 1.82) is 0 Å². The summed E-state index contributed by atoms with van der Waals surface area (Å²) in [6.45, 7) is 14.3. The molecular weight excluding hydrogens is 335 g/mol. The van der Waals surface area contributed by atoms with Crippen LogP contribution in [0.4, 0.5) is 0 Å². The summed E-state index contributed by atoms with van der Waals surface area (Å²) in [6, 6.07) is 0. The molecule has 0 radical (unpaired) electrons. The quantitative estimate of drug-likeness (QED) is 0.266. The molecule has 0 aliphatic heterocycles. The Morgan fingerprint density at radius 1 is 0.895 bits per heavy atom. The number of hydrogen-bond donors (Lipinski definition) is 0. The Bertz CT molecular complexity index is 220. The molecule has 0 saturated carbocycles. The summed E-state index contributed by atoms with van der Waals surface area (Å²) in [7, 11) is 0. The minimum atomic E-state index is -1.98. The monoisotopic (exact) mass is 374 g/mol. The summed E-state index contributed by atoms with van der Waals surface area (Å²) in [5.41, 5.74) is 1.69. The molecule has 0 aliphatic rings. The van der Waals surface area contributed by atoms with Crippen molar-refractivity contribution in [3.63, 3.8) is 0 Å². The molecule has 1 unspecified atom stereocenters. The van der Waals surface area contributed by atoms with Gasteiger partial charge in [0.15, 0.2) is 0 Å². The minimum absolute atomic E-state index is 0.962. The zero-order chi connectivity index (χ0) is 14.7. The standard InChI is InChI=1S/C6H11.3C4H9.Sn/c1-4-6(3)5-2;3*1-3-4-2;/h4-5H,1-3H3;3*1,3-4H2,2H3;/b6-4+;;;;. The first-order valence-corrected chi connectivity index (χ1v) is 16.4. The van der Waals surface area contributed by atoms with E-state index >= 15 is 0 Å². The number of unbranched alkanes of at least 4 members (excludes halogenated alkanes) is 3. The van der Waals surface area contributed by atoms with Gasteiger partial charge in [0.2, 0.25) is 0 Å². The van der Waals surface area contributed by atoms with E-state index in [0.29, 0.717) is 0 Å². The van der Waals surface area contributed by atoms with Crippen LogP contribution in [0.1, 0.15) is 80.1 Å². The van der Waals surface area contributed by atoms with E-state index in [4.69, 9.17) is 0 Å². The average Bonchev–Trinajstić information content (AvgIpc) is 2.45. The van der Waals surface area contributed by atoms with Gasteiger partial charge in [-0.15, -0.1) is 0 Å². The van der Waals surface area contributed by atoms with Crippen molar-refractivity contribution in [3.8, 4) is 0 Å². The molecular formula is C18H38Sn. The molecule has 0 aromatic heterocycles. The van der Waals surface area contributed by atoms with Gasteiger partial charge < -0.3 is 0 Å². The molecule has 0 bridgehead atoms. The molecule has 114 valence electrons. The molecule has 0 aromatic carbocycles. The Kier molecular flexibility index (Phi) is 11.5. The Labute approximate surface area is 127 Å². The Morgan fingerprint density at radius 2 is 1.26 bits per heavy atom. The van der Waals surface area contributed by atoms with Gasteiger partial charge in [-0.3, -0.25) is 0 Å². The van der Waals surface area contributed by atoms with Crippen molar-refractivity contribution in [2.75, 3.05) is 0 Å². The van der Waals surface area contributed by atoms with Gasteiger partial charge in [-0.25, -0.2) is 0 Å². The zero-order valence-corrected chi connectivity index (χ0v) is 17.4. The maximum absolute atomic E-state index is 2.58. The van der Waals surface area contributed by atoms with E-state index < -0.39 is 18.4 Å². The Hall–Kier alpha value is 0.539. The van der Waals surface area contributed by atoms with Crippen LogP contribution in [0.3, 0.4) is 0 Å². The third kappa shape index (κ3) is 6.69. The molecule has 0 nitrogen and oxygen atoms in total. The van der Waals surface area contributed by atoms with Gasteiger partial charge in [0.05, 0.1) is 0 Å². The van der Waals surface area contributed by atoms with Crippen LogP contribution in [-0.2, 0) is 0 Å². The predicted octanol–water partition coefficient (Wildman–Crippen LogP) is 7.19. The molecule has 0 saturated heterocycles. The van der Waals surface area contributed by atoms with Crippen molar-refractivity contribution < 1.29 is 0 Å². The molecule has 0 amide bonds. The molecule has 0 aliphatic carbocycles. The summed E-state index contributed by atoms with van der Waals surface area (Å²) >= 11 is -1.98. The van der Waals surface area contributed by atoms with Crippen molar-refractivity contribution >= 4 is 18.4 Å². The third-order valence-corrected chi connectivity index (χ3v) is 23.2. The van der Waals surface area contributed by atoms with Crippen molar-refractivity contribution in [3.05, 3.63) is 11.6 Å². The molecule has 0 aromatic rings. The predicted molar refractivity (Wildman–Crippen MR) is 93.8 cm³/mol. The average molecular weight is 373 g/mol. The molecule has 0 N–H and O–H groups in total. The van der Waals surface area contributed by atoms with E-state index in [1.165, 1.54) is 38.5 Å². The third-order valence-electron chi connectivity index (χ3n) is 5.14. The van der Waals surface area contributed by atoms with Crippen LogP contribution in [0.25, 0.3) is 0 Å². The van der Waals surface area contributed by atoms with E-state index in [2.05, 4.69) is 47.6 Å². The summed E-state index contributed by atoms with van der Waals surface area (Å²) < 4.78 is 5.87. The summed E-state index contributed by atoms with van der Waals surface area (Å²) in [5.74, 6) is 0. The van der Waals surface area contributed by atoms with Crippen molar-refractivity contribution in [2.45, 2.75) is 97.3 Å². The van der Waals surface area contributed by atoms with Crippen LogP contribution in [0.5, 0.6) is 0 Å². The van der Waals surface area contributed by atoms with Crippen LogP contribution in [-0.4, -0.2) is 18.4 Å². The second-order valence-corrected chi connectivity index (χ2v) is 21.0. The van der Waals surface area contributed by atoms with Crippen molar-refractivity contribution in [2.24, 2.45) is 0 Å². The second kappa shape index (κ2) is 11.2. The zero-order valence-electron chi connectivity index (χ0n) is 14.5. The molecule has 0 fully saturated rings. The van der Waals surface area contributed by atoms with Gasteiger partial charge in [0.1, 0.15) is 0 Å². The van der Waals surface area contributed by atoms with E-state index in [9.17, 15) is 0 Å². The van der Waals surface area contributed by atoms with Gasteiger partial charge >= 0.3 is 127 Å². The van der Waals surface area contributed by atoms with Gasteiger partial charge in [-0.2, -0.15) is 0 Å². The van der Waals surface area contributed by atoms with Crippen LogP contribution in [0.15, 0.2) is 11.6 Å². The fraction of sp³-hybridized carbons (Fsp3) is 0.889. The Morgan fingerprint density at radius 3 is 1.53 bits per heavy atom. The molecule has 1 heteroatoms. The van der Waals surface area contributed by atoms with Crippen LogP contribution in [0, 0.1) is 0 Å². The molecule has 0 heterocycles. The molecule has 0 spiro atoms. The molecule has 0 rings (SSSR count). The summed E-state index contributed by atoms with van der Waals surface area (Å²) in [6.07, 6.45) is 11.0. The molecule has 19 heavy (non-hydrogen) atoms. The number of allylic oxidation sites excluding steroid dienone is 2. The van der Waals surface area contributed by atoms with E-state index in [1.807, 2.05) is 0 Å². The SMILES string of the molecule is C/C=C(\C)[CH](C)[Sn]([CH2]CCC)([CH2]CCC)[CH2]CCC. The van der Waals surface area contributed by atoms with E-state index in [1.54, 1.807) is 18.9 Å². The van der Waals surface area contributed by atoms with Crippen LogP contribution in [0.2, 0.25) is 17.2 Å². The number of hydrogen-bond acceptors (Lipinski definition) is 0. The number of rotatable bonds is 11. The summed E-state index contributed by atoms with van der Waals surface area (Å²) in [4.78, 5) is 0. The fourth-order valence-corrected chi connectivity index (χ4v) is 21.5. The van der Waals surface area contributed by atoms with E-state index in [0.717, 1.165) is 3.93 Å². The van der Waals surface area contributed by atoms with Crippen LogP contribution >= 0.6 is 0 Å². The topological polar surface area (TPSA) is 0 Å². The fourth-order valence-electron chi connectivity index (χ4n) is 3.34. The van der Waals surface area contributed by atoms with E-state index in [-0.39, 0.29) is 0 Å².